The molecule has 1 aromatic carbocycles. The van der Waals surface area contributed by atoms with Crippen molar-refractivity contribution in [1.82, 2.24) is 25.7 Å². The lowest BCUT2D eigenvalue weighted by atomic mass is 9.73. The Balaban J connectivity index is 1.71. The third kappa shape index (κ3) is 4.53. The second-order valence-electron chi connectivity index (χ2n) is 7.85. The molecule has 2 aromatic rings. The molecule has 2 unspecified atom stereocenters. The van der Waals surface area contributed by atoms with Gasteiger partial charge < -0.3 is 0 Å². The zero-order valence-electron chi connectivity index (χ0n) is 16.3. The summed E-state index contributed by atoms with van der Waals surface area (Å²) >= 11 is 0. The molecule has 1 aliphatic rings. The number of fused-ring (bicyclic) bond motifs is 1. The molecule has 4 atom stereocenters. The maximum atomic E-state index is 12.7. The highest BCUT2D eigenvalue weighted by atomic mass is 16.5. The molecule has 1 aliphatic carbocycles. The lowest BCUT2D eigenvalue weighted by molar-refractivity contribution is -0.174. The molecule has 9 heteroatoms. The molecule has 1 fully saturated rings. The van der Waals surface area contributed by atoms with Crippen LogP contribution in [0.3, 0.4) is 0 Å². The van der Waals surface area contributed by atoms with Crippen molar-refractivity contribution in [2.45, 2.75) is 46.1 Å². The number of benzene rings is 1. The smallest absolute Gasteiger partial charge is 0.264 e. The topological polar surface area (TPSA) is 120 Å². The Kier molecular flexibility index (Phi) is 6.03. The molecule has 0 bridgehead atoms. The first-order valence-electron chi connectivity index (χ1n) is 9.46. The van der Waals surface area contributed by atoms with Gasteiger partial charge in [-0.2, -0.15) is 0 Å². The number of carbonyl (C=O) groups excluding carboxylic acids is 2. The minimum absolute atomic E-state index is 0.129. The van der Waals surface area contributed by atoms with Gasteiger partial charge in [-0.25, -0.2) is 10.0 Å². The Labute approximate surface area is 163 Å². The van der Waals surface area contributed by atoms with E-state index in [-0.39, 0.29) is 18.3 Å². The van der Waals surface area contributed by atoms with Crippen molar-refractivity contribution in [1.29, 1.82) is 0 Å². The van der Waals surface area contributed by atoms with Crippen LogP contribution in [0.15, 0.2) is 18.2 Å². The van der Waals surface area contributed by atoms with Crippen LogP contribution in [0.25, 0.3) is 11.0 Å². The van der Waals surface area contributed by atoms with E-state index in [0.717, 1.165) is 24.8 Å². The SMILES string of the molecule is Cc1ccc2nc(NNC(=O)C(C3C[C@@H](C)C[C@@H](C)C3)N(O)C=O)nnc2c1. The van der Waals surface area contributed by atoms with Gasteiger partial charge in [0.25, 0.3) is 11.9 Å². The van der Waals surface area contributed by atoms with E-state index in [0.29, 0.717) is 27.9 Å². The van der Waals surface area contributed by atoms with Crippen molar-refractivity contribution in [2.75, 3.05) is 5.43 Å². The van der Waals surface area contributed by atoms with Crippen LogP contribution in [0.1, 0.15) is 38.7 Å². The number of nitrogens with one attached hydrogen (secondary N) is 2. The van der Waals surface area contributed by atoms with Gasteiger partial charge in [-0.3, -0.25) is 25.6 Å². The van der Waals surface area contributed by atoms with Crippen LogP contribution in [-0.4, -0.2) is 43.8 Å². The number of anilines is 1. The highest BCUT2D eigenvalue weighted by molar-refractivity contribution is 5.84. The summed E-state index contributed by atoms with van der Waals surface area (Å²) < 4.78 is 0. The highest BCUT2D eigenvalue weighted by Crippen LogP contribution is 2.35. The zero-order valence-corrected chi connectivity index (χ0v) is 16.3. The molecule has 0 spiro atoms. The Hall–Kier alpha value is -2.81. The van der Waals surface area contributed by atoms with Crippen molar-refractivity contribution in [2.24, 2.45) is 17.8 Å². The van der Waals surface area contributed by atoms with Crippen molar-refractivity contribution in [3.8, 4) is 0 Å². The molecule has 1 aromatic heterocycles. The van der Waals surface area contributed by atoms with Gasteiger partial charge in [0.05, 0.1) is 5.52 Å². The number of aromatic nitrogens is 3. The predicted octanol–water partition coefficient (Wildman–Crippen LogP) is 2.06. The van der Waals surface area contributed by atoms with Crippen LogP contribution < -0.4 is 10.9 Å². The summed E-state index contributed by atoms with van der Waals surface area (Å²) in [7, 11) is 0. The molecular formula is C19H26N6O3. The first-order valence-corrected chi connectivity index (χ1v) is 9.46. The molecule has 3 N–H and O–H groups in total. The standard InChI is InChI=1S/C19H26N6O3/c1-11-4-5-15-16(9-11)21-23-19(20-15)24-22-18(27)17(25(28)10-26)14-7-12(2)6-13(3)8-14/h4-5,9-10,12-14,17,28H,6-8H2,1-3H3,(H,22,27)(H,20,23,24)/t12-,13+,14?,17?. The van der Waals surface area contributed by atoms with Gasteiger partial charge >= 0.3 is 0 Å². The number of nitrogens with zero attached hydrogens (tertiary/aromatic N) is 4. The van der Waals surface area contributed by atoms with E-state index in [1.54, 1.807) is 0 Å². The summed E-state index contributed by atoms with van der Waals surface area (Å²) in [4.78, 5) is 28.2. The molecule has 3 rings (SSSR count). The van der Waals surface area contributed by atoms with E-state index in [2.05, 4.69) is 39.9 Å². The first kappa shape index (κ1) is 19.9. The molecule has 0 aliphatic heterocycles. The maximum Gasteiger partial charge on any atom is 0.264 e. The molecule has 0 radical (unpaired) electrons. The second-order valence-corrected chi connectivity index (χ2v) is 7.85. The maximum absolute atomic E-state index is 12.7. The van der Waals surface area contributed by atoms with Gasteiger partial charge in [0, 0.05) is 0 Å². The number of hydrogen-bond acceptors (Lipinski definition) is 7. The number of aryl methyl sites for hydroxylation is 1. The Morgan fingerprint density at radius 3 is 2.61 bits per heavy atom. The Morgan fingerprint density at radius 2 is 1.93 bits per heavy atom. The van der Waals surface area contributed by atoms with E-state index in [1.807, 2.05) is 25.1 Å². The molecule has 0 saturated heterocycles. The molecule has 150 valence electrons. The van der Waals surface area contributed by atoms with Crippen molar-refractivity contribution < 1.29 is 14.8 Å². The Bertz CT molecular complexity index is 851. The first-order chi connectivity index (χ1) is 13.4. The fraction of sp³-hybridized carbons (Fsp3) is 0.526. The van der Waals surface area contributed by atoms with Gasteiger partial charge in [0.2, 0.25) is 6.41 Å². The summed E-state index contributed by atoms with van der Waals surface area (Å²) in [5.41, 5.74) is 7.48. The van der Waals surface area contributed by atoms with Gasteiger partial charge in [-0.1, -0.05) is 19.9 Å². The van der Waals surface area contributed by atoms with Crippen molar-refractivity contribution >= 4 is 29.3 Å². The molecule has 2 amide bonds. The van der Waals surface area contributed by atoms with Gasteiger partial charge in [0.1, 0.15) is 11.6 Å². The Morgan fingerprint density at radius 1 is 1.21 bits per heavy atom. The van der Waals surface area contributed by atoms with Crippen LogP contribution in [0.4, 0.5) is 5.95 Å². The monoisotopic (exact) mass is 386 g/mol. The minimum atomic E-state index is -0.980. The third-order valence-electron chi connectivity index (χ3n) is 5.23. The van der Waals surface area contributed by atoms with Crippen LogP contribution >= 0.6 is 0 Å². The second kappa shape index (κ2) is 8.47. The quantitative estimate of drug-likeness (QED) is 0.395. The fourth-order valence-corrected chi connectivity index (χ4v) is 4.17. The highest BCUT2D eigenvalue weighted by Gasteiger charge is 2.37. The van der Waals surface area contributed by atoms with E-state index >= 15 is 0 Å². The fourth-order valence-electron chi connectivity index (χ4n) is 4.17. The molecule has 28 heavy (non-hydrogen) atoms. The van der Waals surface area contributed by atoms with E-state index in [1.165, 1.54) is 0 Å². The summed E-state index contributed by atoms with van der Waals surface area (Å²) in [6.45, 7) is 6.19. The van der Waals surface area contributed by atoms with Gasteiger partial charge in [-0.15, -0.1) is 10.2 Å². The zero-order chi connectivity index (χ0) is 20.3. The van der Waals surface area contributed by atoms with Gasteiger partial charge in [-0.05, 0) is 61.6 Å². The summed E-state index contributed by atoms with van der Waals surface area (Å²) in [5.74, 6) is 0.328. The molecular weight excluding hydrogens is 360 g/mol. The van der Waals surface area contributed by atoms with E-state index < -0.39 is 11.9 Å². The van der Waals surface area contributed by atoms with E-state index in [4.69, 9.17) is 0 Å². The predicted molar refractivity (Wildman–Crippen MR) is 103 cm³/mol. The third-order valence-corrected chi connectivity index (χ3v) is 5.23. The van der Waals surface area contributed by atoms with Crippen LogP contribution in [0.2, 0.25) is 0 Å². The number of rotatable bonds is 6. The summed E-state index contributed by atoms with van der Waals surface area (Å²) in [6.07, 6.45) is 2.87. The van der Waals surface area contributed by atoms with Crippen LogP contribution in [0, 0.1) is 24.7 Å². The van der Waals surface area contributed by atoms with Crippen molar-refractivity contribution in [3.05, 3.63) is 23.8 Å². The number of amides is 2. The largest absolute Gasteiger partial charge is 0.285 e. The lowest BCUT2D eigenvalue weighted by Crippen LogP contribution is -2.52. The summed E-state index contributed by atoms with van der Waals surface area (Å²) in [6, 6.07) is 4.62. The molecule has 1 heterocycles. The van der Waals surface area contributed by atoms with E-state index in [9.17, 15) is 14.8 Å². The van der Waals surface area contributed by atoms with Crippen molar-refractivity contribution in [3.63, 3.8) is 0 Å². The lowest BCUT2D eigenvalue weighted by Gasteiger charge is -2.37. The molecule has 9 nitrogen and oxygen atoms in total. The normalized spacial score (nSPS) is 23.1. The number of hydrogen-bond donors (Lipinski definition) is 3. The van der Waals surface area contributed by atoms with Gasteiger partial charge in [0.15, 0.2) is 0 Å². The summed E-state index contributed by atoms with van der Waals surface area (Å²) in [5, 5.41) is 18.5. The average molecular weight is 386 g/mol. The number of carbonyl (C=O) groups is 2. The minimum Gasteiger partial charge on any atom is -0.285 e. The van der Waals surface area contributed by atoms with Crippen LogP contribution in [0.5, 0.6) is 0 Å². The number of hydroxylamine groups is 2. The van der Waals surface area contributed by atoms with Crippen LogP contribution in [-0.2, 0) is 9.59 Å². The molecule has 1 saturated carbocycles. The number of hydrazine groups is 1. The average Bonchev–Trinajstić information content (AvgIpc) is 2.65.